The highest BCUT2D eigenvalue weighted by molar-refractivity contribution is 7.80. The van der Waals surface area contributed by atoms with E-state index in [9.17, 15) is 0 Å². The fourth-order valence-electron chi connectivity index (χ4n) is 1.34. The molecule has 15 heavy (non-hydrogen) atoms. The number of rotatable bonds is 1. The van der Waals surface area contributed by atoms with E-state index in [2.05, 4.69) is 29.5 Å². The second-order valence-corrected chi connectivity index (χ2v) is 3.64. The van der Waals surface area contributed by atoms with Crippen LogP contribution in [0.4, 0.5) is 0 Å². The first-order valence-corrected chi connectivity index (χ1v) is 5.40. The van der Waals surface area contributed by atoms with Crippen LogP contribution in [0.3, 0.4) is 0 Å². The normalized spacial score (nSPS) is 10.0. The van der Waals surface area contributed by atoms with Crippen molar-refractivity contribution in [2.75, 3.05) is 5.75 Å². The minimum absolute atomic E-state index is 0.686. The van der Waals surface area contributed by atoms with Crippen molar-refractivity contribution in [2.24, 2.45) is 0 Å². The zero-order chi connectivity index (χ0) is 10.7. The van der Waals surface area contributed by atoms with Crippen molar-refractivity contribution in [3.63, 3.8) is 0 Å². The highest BCUT2D eigenvalue weighted by Crippen LogP contribution is 2.16. The summed E-state index contributed by atoms with van der Waals surface area (Å²) in [6.07, 6.45) is 0.802. The maximum atomic E-state index is 5.42. The van der Waals surface area contributed by atoms with Gasteiger partial charge >= 0.3 is 0 Å². The van der Waals surface area contributed by atoms with Crippen LogP contribution >= 0.6 is 12.6 Å². The predicted octanol–water partition coefficient (Wildman–Crippen LogP) is 2.81. The lowest BCUT2D eigenvalue weighted by molar-refractivity contribution is 0.561. The fourth-order valence-corrected chi connectivity index (χ4v) is 1.45. The fraction of sp³-hybridized carbons (Fsp3) is 0.250. The van der Waals surface area contributed by atoms with Gasteiger partial charge in [0.2, 0.25) is 0 Å². The Labute approximate surface area is 94.1 Å². The lowest BCUT2D eigenvalue weighted by atomic mass is 10.2. The second-order valence-electron chi connectivity index (χ2n) is 3.19. The van der Waals surface area contributed by atoms with Gasteiger partial charge in [-0.15, -0.1) is 0 Å². The quantitative estimate of drug-likeness (QED) is 0.587. The van der Waals surface area contributed by atoms with Crippen molar-refractivity contribution in [3.05, 3.63) is 29.7 Å². The van der Waals surface area contributed by atoms with Gasteiger partial charge in [-0.05, 0) is 18.2 Å². The third kappa shape index (κ3) is 2.34. The zero-order valence-corrected chi connectivity index (χ0v) is 9.34. The van der Waals surface area contributed by atoms with Crippen molar-refractivity contribution in [2.45, 2.75) is 13.3 Å². The zero-order valence-electron chi connectivity index (χ0n) is 8.45. The number of aromatic nitrogens is 1. The van der Waals surface area contributed by atoms with E-state index in [1.54, 1.807) is 0 Å². The largest absolute Gasteiger partial charge is 0.441 e. The van der Waals surface area contributed by atoms with E-state index in [0.717, 1.165) is 28.8 Å². The predicted molar refractivity (Wildman–Crippen MR) is 64.1 cm³/mol. The molecule has 0 aliphatic heterocycles. The minimum atomic E-state index is 0.686. The van der Waals surface area contributed by atoms with Gasteiger partial charge in [0.05, 0.1) is 0 Å². The van der Waals surface area contributed by atoms with Crippen LogP contribution in [0.5, 0.6) is 0 Å². The molecule has 2 rings (SSSR count). The molecular formula is C12H11NOS. The summed E-state index contributed by atoms with van der Waals surface area (Å²) in [5, 5.41) is 0. The average Bonchev–Trinajstić information content (AvgIpc) is 2.57. The van der Waals surface area contributed by atoms with Gasteiger partial charge < -0.3 is 4.42 Å². The summed E-state index contributed by atoms with van der Waals surface area (Å²) in [5.41, 5.74) is 2.64. The summed E-state index contributed by atoms with van der Waals surface area (Å²) in [4.78, 5) is 4.22. The van der Waals surface area contributed by atoms with E-state index in [4.69, 9.17) is 4.42 Å². The van der Waals surface area contributed by atoms with Crippen LogP contribution in [0, 0.1) is 18.8 Å². The third-order valence-corrected chi connectivity index (χ3v) is 2.19. The highest BCUT2D eigenvalue weighted by Gasteiger charge is 2.01. The van der Waals surface area contributed by atoms with Crippen LogP contribution < -0.4 is 0 Å². The number of hydrogen-bond acceptors (Lipinski definition) is 3. The van der Waals surface area contributed by atoms with Crippen LogP contribution in [0.1, 0.15) is 17.9 Å². The first kappa shape index (κ1) is 10.1. The van der Waals surface area contributed by atoms with Crippen LogP contribution in [0.2, 0.25) is 0 Å². The standard InChI is InChI=1S/C12H11NOS/c1-9-13-11-6-5-10(4-2-3-7-15)8-12(11)14-9/h5-6,8,15H,3,7H2,1H3. The Morgan fingerprint density at radius 1 is 1.47 bits per heavy atom. The van der Waals surface area contributed by atoms with Crippen molar-refractivity contribution in [1.29, 1.82) is 0 Å². The molecule has 0 radical (unpaired) electrons. The summed E-state index contributed by atoms with van der Waals surface area (Å²) in [6, 6.07) is 5.80. The van der Waals surface area contributed by atoms with E-state index in [1.807, 2.05) is 25.1 Å². The van der Waals surface area contributed by atoms with Gasteiger partial charge in [0.25, 0.3) is 0 Å². The molecule has 1 aromatic carbocycles. The van der Waals surface area contributed by atoms with Gasteiger partial charge in [0, 0.05) is 24.7 Å². The van der Waals surface area contributed by atoms with Gasteiger partial charge in [0.15, 0.2) is 11.5 Å². The van der Waals surface area contributed by atoms with E-state index in [1.165, 1.54) is 0 Å². The summed E-state index contributed by atoms with van der Waals surface area (Å²) < 4.78 is 5.42. The molecule has 0 saturated carbocycles. The molecule has 0 atom stereocenters. The molecule has 76 valence electrons. The maximum Gasteiger partial charge on any atom is 0.192 e. The molecule has 0 aliphatic carbocycles. The molecule has 0 N–H and O–H groups in total. The molecule has 0 aliphatic rings. The molecular weight excluding hydrogens is 206 g/mol. The monoisotopic (exact) mass is 217 g/mol. The van der Waals surface area contributed by atoms with Gasteiger partial charge in [-0.3, -0.25) is 0 Å². The molecule has 0 unspecified atom stereocenters. The maximum absolute atomic E-state index is 5.42. The lowest BCUT2D eigenvalue weighted by Crippen LogP contribution is -1.75. The van der Waals surface area contributed by atoms with Gasteiger partial charge in [-0.1, -0.05) is 11.8 Å². The summed E-state index contributed by atoms with van der Waals surface area (Å²) in [7, 11) is 0. The molecule has 0 bridgehead atoms. The van der Waals surface area contributed by atoms with Crippen LogP contribution in [-0.4, -0.2) is 10.7 Å². The van der Waals surface area contributed by atoms with E-state index >= 15 is 0 Å². The molecule has 1 aromatic heterocycles. The van der Waals surface area contributed by atoms with Crippen molar-refractivity contribution < 1.29 is 4.42 Å². The van der Waals surface area contributed by atoms with Crippen molar-refractivity contribution >= 4 is 23.7 Å². The molecule has 0 amide bonds. The lowest BCUT2D eigenvalue weighted by Gasteiger charge is -1.88. The van der Waals surface area contributed by atoms with Gasteiger partial charge in [-0.2, -0.15) is 12.6 Å². The molecule has 0 fully saturated rings. The Bertz CT molecular complexity index is 533. The molecule has 0 saturated heterocycles. The van der Waals surface area contributed by atoms with Gasteiger partial charge in [-0.25, -0.2) is 4.98 Å². The van der Waals surface area contributed by atoms with E-state index in [-0.39, 0.29) is 0 Å². The number of oxazole rings is 1. The molecule has 3 heteroatoms. The summed E-state index contributed by atoms with van der Waals surface area (Å²) in [6.45, 7) is 1.84. The van der Waals surface area contributed by atoms with E-state index in [0.29, 0.717) is 5.89 Å². The summed E-state index contributed by atoms with van der Waals surface area (Å²) >= 11 is 4.10. The Balaban J connectivity index is 2.35. The number of thiol groups is 1. The topological polar surface area (TPSA) is 26.0 Å². The Hall–Kier alpha value is -1.40. The Morgan fingerprint density at radius 2 is 2.33 bits per heavy atom. The molecule has 2 nitrogen and oxygen atoms in total. The van der Waals surface area contributed by atoms with Crippen molar-refractivity contribution in [1.82, 2.24) is 4.98 Å². The summed E-state index contributed by atoms with van der Waals surface area (Å²) in [5.74, 6) is 7.57. The third-order valence-electron chi connectivity index (χ3n) is 1.96. The SMILES string of the molecule is Cc1nc2ccc(C#CCCS)cc2o1. The first-order valence-electron chi connectivity index (χ1n) is 4.76. The molecule has 0 spiro atoms. The first-order chi connectivity index (χ1) is 7.29. The van der Waals surface area contributed by atoms with E-state index < -0.39 is 0 Å². The second kappa shape index (κ2) is 4.41. The van der Waals surface area contributed by atoms with Crippen LogP contribution in [-0.2, 0) is 0 Å². The minimum Gasteiger partial charge on any atom is -0.441 e. The Morgan fingerprint density at radius 3 is 3.13 bits per heavy atom. The Kier molecular flexibility index (Phi) is 2.98. The molecule has 1 heterocycles. The number of fused-ring (bicyclic) bond motifs is 1. The smallest absolute Gasteiger partial charge is 0.192 e. The number of nitrogens with zero attached hydrogens (tertiary/aromatic N) is 1. The average molecular weight is 217 g/mol. The number of benzene rings is 1. The molecule has 2 aromatic rings. The number of hydrogen-bond donors (Lipinski definition) is 1. The number of aryl methyl sites for hydroxylation is 1. The van der Waals surface area contributed by atoms with Crippen LogP contribution in [0.15, 0.2) is 22.6 Å². The van der Waals surface area contributed by atoms with Crippen molar-refractivity contribution in [3.8, 4) is 11.8 Å². The highest BCUT2D eigenvalue weighted by atomic mass is 32.1. The van der Waals surface area contributed by atoms with Gasteiger partial charge in [0.1, 0.15) is 5.52 Å². The van der Waals surface area contributed by atoms with Crippen LogP contribution in [0.25, 0.3) is 11.1 Å².